The number of carbonyl (C=O) groups excluding carboxylic acids is 2. The topological polar surface area (TPSA) is 75.2 Å². The fourth-order valence-electron chi connectivity index (χ4n) is 2.71. The summed E-state index contributed by atoms with van der Waals surface area (Å²) in [4.78, 5) is 34.9. The van der Waals surface area contributed by atoms with E-state index in [9.17, 15) is 9.59 Å². The van der Waals surface area contributed by atoms with E-state index in [1.165, 1.54) is 0 Å². The van der Waals surface area contributed by atoms with Crippen LogP contribution < -0.4 is 5.32 Å². The molecule has 1 aliphatic heterocycles. The molecule has 2 amide bonds. The zero-order chi connectivity index (χ0) is 16.4. The lowest BCUT2D eigenvalue weighted by atomic mass is 10.1. The number of carbonyl (C=O) groups is 2. The van der Waals surface area contributed by atoms with Crippen molar-refractivity contribution in [3.05, 3.63) is 35.2 Å². The summed E-state index contributed by atoms with van der Waals surface area (Å²) in [5.74, 6) is -0.289. The lowest BCUT2D eigenvalue weighted by molar-refractivity contribution is -0.129. The molecule has 1 aromatic carbocycles. The van der Waals surface area contributed by atoms with Crippen molar-refractivity contribution in [1.29, 1.82) is 0 Å². The van der Waals surface area contributed by atoms with Crippen LogP contribution in [0.5, 0.6) is 0 Å². The third kappa shape index (κ3) is 3.31. The molecule has 6 heteroatoms. The first kappa shape index (κ1) is 15.4. The first-order valence-electron chi connectivity index (χ1n) is 7.85. The molecule has 1 aromatic heterocycles. The minimum atomic E-state index is -0.264. The fourth-order valence-corrected chi connectivity index (χ4v) is 2.71. The highest BCUT2D eigenvalue weighted by molar-refractivity contribution is 5.98. The maximum absolute atomic E-state index is 12.2. The van der Waals surface area contributed by atoms with Crippen molar-refractivity contribution in [3.63, 3.8) is 0 Å². The van der Waals surface area contributed by atoms with Crippen molar-refractivity contribution < 1.29 is 9.59 Å². The van der Waals surface area contributed by atoms with E-state index in [-0.39, 0.29) is 18.4 Å². The summed E-state index contributed by atoms with van der Waals surface area (Å²) in [5, 5.41) is 2.69. The van der Waals surface area contributed by atoms with Crippen molar-refractivity contribution in [2.45, 2.75) is 26.7 Å². The van der Waals surface area contributed by atoms with Gasteiger partial charge in [-0.2, -0.15) is 0 Å². The number of aromatic nitrogens is 2. The number of rotatable bonds is 3. The van der Waals surface area contributed by atoms with E-state index in [2.05, 4.69) is 15.3 Å². The summed E-state index contributed by atoms with van der Waals surface area (Å²) >= 11 is 0. The van der Waals surface area contributed by atoms with E-state index in [1.807, 2.05) is 13.8 Å². The molecule has 0 radical (unpaired) electrons. The molecule has 2 aromatic rings. The zero-order valence-electron chi connectivity index (χ0n) is 13.4. The SMILES string of the molecule is Cc1nc2ccc(C(=O)NCC(=O)N3CCCC3)cc2nc1C. The van der Waals surface area contributed by atoms with Crippen LogP contribution in [0.15, 0.2) is 18.2 Å². The normalized spacial score (nSPS) is 14.3. The molecule has 1 N–H and O–H groups in total. The van der Waals surface area contributed by atoms with Gasteiger partial charge in [-0.1, -0.05) is 0 Å². The number of nitrogens with zero attached hydrogens (tertiary/aromatic N) is 3. The molecule has 1 aliphatic rings. The Hall–Kier alpha value is -2.50. The molecule has 0 unspecified atom stereocenters. The molecule has 23 heavy (non-hydrogen) atoms. The van der Waals surface area contributed by atoms with Gasteiger partial charge in [0.25, 0.3) is 5.91 Å². The van der Waals surface area contributed by atoms with Gasteiger partial charge in [0.05, 0.1) is 29.0 Å². The Bertz CT molecular complexity index is 767. The average molecular weight is 312 g/mol. The Kier molecular flexibility index (Phi) is 4.23. The molecule has 0 aliphatic carbocycles. The van der Waals surface area contributed by atoms with Crippen molar-refractivity contribution in [2.24, 2.45) is 0 Å². The summed E-state index contributed by atoms with van der Waals surface area (Å²) in [6.45, 7) is 5.42. The lowest BCUT2D eigenvalue weighted by Gasteiger charge is -2.15. The third-order valence-electron chi connectivity index (χ3n) is 4.20. The highest BCUT2D eigenvalue weighted by Crippen LogP contribution is 2.14. The molecule has 1 saturated heterocycles. The summed E-state index contributed by atoms with van der Waals surface area (Å²) in [6.07, 6.45) is 2.09. The Morgan fingerprint density at radius 3 is 2.43 bits per heavy atom. The summed E-state index contributed by atoms with van der Waals surface area (Å²) < 4.78 is 0. The van der Waals surface area contributed by atoms with E-state index in [4.69, 9.17) is 0 Å². The molecule has 1 fully saturated rings. The molecule has 120 valence electrons. The lowest BCUT2D eigenvalue weighted by Crippen LogP contribution is -2.38. The minimum absolute atomic E-state index is 0.0251. The summed E-state index contributed by atoms with van der Waals surface area (Å²) in [7, 11) is 0. The smallest absolute Gasteiger partial charge is 0.251 e. The van der Waals surface area contributed by atoms with Gasteiger partial charge in [-0.3, -0.25) is 9.59 Å². The van der Waals surface area contributed by atoms with Crippen molar-refractivity contribution >= 4 is 22.8 Å². The highest BCUT2D eigenvalue weighted by Gasteiger charge is 2.18. The molecular formula is C17H20N4O2. The Balaban J connectivity index is 1.70. The van der Waals surface area contributed by atoms with Gasteiger partial charge in [0.2, 0.25) is 5.91 Å². The number of likely N-dealkylation sites (tertiary alicyclic amines) is 1. The standard InChI is InChI=1S/C17H20N4O2/c1-11-12(2)20-15-9-13(5-6-14(15)19-11)17(23)18-10-16(22)21-7-3-4-8-21/h5-6,9H,3-4,7-8,10H2,1-2H3,(H,18,23). The van der Waals surface area contributed by atoms with Gasteiger partial charge in [-0.15, -0.1) is 0 Å². The number of nitrogens with one attached hydrogen (secondary N) is 1. The van der Waals surface area contributed by atoms with Crippen LogP contribution in [0.3, 0.4) is 0 Å². The highest BCUT2D eigenvalue weighted by atomic mass is 16.2. The first-order chi connectivity index (χ1) is 11.0. The van der Waals surface area contributed by atoms with Crippen LogP contribution in [0.25, 0.3) is 11.0 Å². The van der Waals surface area contributed by atoms with Gasteiger partial charge in [0, 0.05) is 18.7 Å². The van der Waals surface area contributed by atoms with Gasteiger partial charge < -0.3 is 10.2 Å². The van der Waals surface area contributed by atoms with Crippen molar-refractivity contribution in [2.75, 3.05) is 19.6 Å². The van der Waals surface area contributed by atoms with Gasteiger partial charge in [0.1, 0.15) is 0 Å². The fraction of sp³-hybridized carbons (Fsp3) is 0.412. The predicted octanol–water partition coefficient (Wildman–Crippen LogP) is 1.60. The Morgan fingerprint density at radius 1 is 1.09 bits per heavy atom. The monoisotopic (exact) mass is 312 g/mol. The third-order valence-corrected chi connectivity index (χ3v) is 4.20. The number of hydrogen-bond donors (Lipinski definition) is 1. The molecule has 0 spiro atoms. The average Bonchev–Trinajstić information content (AvgIpc) is 3.07. The van der Waals surface area contributed by atoms with Crippen LogP contribution in [0.2, 0.25) is 0 Å². The number of benzene rings is 1. The van der Waals surface area contributed by atoms with E-state index < -0.39 is 0 Å². The summed E-state index contributed by atoms with van der Waals surface area (Å²) in [6, 6.07) is 5.21. The maximum Gasteiger partial charge on any atom is 0.251 e. The van der Waals surface area contributed by atoms with E-state index in [0.717, 1.165) is 42.8 Å². The van der Waals surface area contributed by atoms with Crippen LogP contribution in [-0.4, -0.2) is 46.3 Å². The molecule has 0 bridgehead atoms. The Morgan fingerprint density at radius 2 is 1.74 bits per heavy atom. The van der Waals surface area contributed by atoms with Crippen molar-refractivity contribution in [3.8, 4) is 0 Å². The van der Waals surface area contributed by atoms with E-state index in [0.29, 0.717) is 11.1 Å². The second-order valence-corrected chi connectivity index (χ2v) is 5.87. The quantitative estimate of drug-likeness (QED) is 0.934. The van der Waals surface area contributed by atoms with Crippen LogP contribution in [0, 0.1) is 13.8 Å². The first-order valence-corrected chi connectivity index (χ1v) is 7.85. The van der Waals surface area contributed by atoms with Crippen LogP contribution >= 0.6 is 0 Å². The molecule has 0 saturated carbocycles. The van der Waals surface area contributed by atoms with Gasteiger partial charge >= 0.3 is 0 Å². The number of aryl methyl sites for hydroxylation is 2. The largest absolute Gasteiger partial charge is 0.343 e. The van der Waals surface area contributed by atoms with Gasteiger partial charge in [-0.05, 0) is 44.9 Å². The molecule has 0 atom stereocenters. The maximum atomic E-state index is 12.2. The molecule has 3 rings (SSSR count). The summed E-state index contributed by atoms with van der Waals surface area (Å²) in [5.41, 5.74) is 3.67. The van der Waals surface area contributed by atoms with Crippen LogP contribution in [0.1, 0.15) is 34.6 Å². The Labute approximate surface area is 134 Å². The van der Waals surface area contributed by atoms with Crippen LogP contribution in [0.4, 0.5) is 0 Å². The van der Waals surface area contributed by atoms with Crippen molar-refractivity contribution in [1.82, 2.24) is 20.2 Å². The molecule has 6 nitrogen and oxygen atoms in total. The number of hydrogen-bond acceptors (Lipinski definition) is 4. The second-order valence-electron chi connectivity index (χ2n) is 5.87. The van der Waals surface area contributed by atoms with Crippen LogP contribution in [-0.2, 0) is 4.79 Å². The minimum Gasteiger partial charge on any atom is -0.343 e. The van der Waals surface area contributed by atoms with E-state index >= 15 is 0 Å². The number of fused-ring (bicyclic) bond motifs is 1. The second kappa shape index (κ2) is 6.32. The van der Waals surface area contributed by atoms with Gasteiger partial charge in [0.15, 0.2) is 0 Å². The van der Waals surface area contributed by atoms with Gasteiger partial charge in [-0.25, -0.2) is 9.97 Å². The molecule has 2 heterocycles. The zero-order valence-corrected chi connectivity index (χ0v) is 13.4. The van der Waals surface area contributed by atoms with E-state index in [1.54, 1.807) is 23.1 Å². The predicted molar refractivity (Wildman–Crippen MR) is 87.2 cm³/mol. The number of amides is 2. The molecular weight excluding hydrogens is 292 g/mol.